The zero-order valence-electron chi connectivity index (χ0n) is 10.6. The number of aromatic nitrogens is 1. The fourth-order valence-corrected chi connectivity index (χ4v) is 2.21. The molecule has 1 aromatic heterocycles. The van der Waals surface area contributed by atoms with Crippen LogP contribution in [0.1, 0.15) is 5.56 Å². The van der Waals surface area contributed by atoms with Gasteiger partial charge in [0.15, 0.2) is 0 Å². The number of nitrogen functional groups attached to an aromatic ring is 1. The number of nitrogens with one attached hydrogen (secondary N) is 1. The predicted octanol–water partition coefficient (Wildman–Crippen LogP) is 3.09. The first-order chi connectivity index (χ1) is 9.13. The van der Waals surface area contributed by atoms with Gasteiger partial charge in [-0.2, -0.15) is 0 Å². The predicted molar refractivity (Wildman–Crippen MR) is 79.2 cm³/mol. The highest BCUT2D eigenvalue weighted by Gasteiger charge is 2.02. The van der Waals surface area contributed by atoms with E-state index >= 15 is 0 Å². The van der Waals surface area contributed by atoms with Gasteiger partial charge in [-0.05, 0) is 53.8 Å². The third-order valence-corrected chi connectivity index (χ3v) is 3.25. The summed E-state index contributed by atoms with van der Waals surface area (Å²) < 4.78 is 0. The Bertz CT molecular complexity index is 818. The molecule has 94 valence electrons. The molecule has 0 unspecified atom stereocenters. The van der Waals surface area contributed by atoms with Crippen molar-refractivity contribution < 1.29 is 0 Å². The molecule has 0 radical (unpaired) electrons. The van der Waals surface area contributed by atoms with Gasteiger partial charge in [-0.15, -0.1) is 0 Å². The van der Waals surface area contributed by atoms with Gasteiger partial charge in [-0.3, -0.25) is 4.79 Å². The van der Waals surface area contributed by atoms with E-state index in [0.29, 0.717) is 0 Å². The number of pyridine rings is 1. The molecule has 0 bridgehead atoms. The summed E-state index contributed by atoms with van der Waals surface area (Å²) in [7, 11) is 0. The minimum absolute atomic E-state index is 0.0378. The molecular weight excluding hydrogens is 236 g/mol. The first-order valence-electron chi connectivity index (χ1n) is 6.13. The largest absolute Gasteiger partial charge is 0.399 e. The van der Waals surface area contributed by atoms with Crippen LogP contribution in [0, 0.1) is 6.92 Å². The maximum Gasteiger partial charge on any atom is 0.251 e. The van der Waals surface area contributed by atoms with Crippen LogP contribution in [0.25, 0.3) is 22.0 Å². The van der Waals surface area contributed by atoms with Crippen molar-refractivity contribution in [3.05, 3.63) is 64.4 Å². The Hall–Kier alpha value is -2.55. The molecule has 0 saturated carbocycles. The SMILES string of the molecule is Cc1cc2cc(-c3cccc(N)c3)ccc2[nH]c1=O. The Balaban J connectivity index is 2.21. The van der Waals surface area contributed by atoms with E-state index < -0.39 is 0 Å². The van der Waals surface area contributed by atoms with Crippen molar-refractivity contribution in [1.29, 1.82) is 0 Å². The van der Waals surface area contributed by atoms with Crippen LogP contribution in [0.15, 0.2) is 53.3 Å². The van der Waals surface area contributed by atoms with Crippen LogP contribution in [0.5, 0.6) is 0 Å². The minimum atomic E-state index is -0.0378. The van der Waals surface area contributed by atoms with Gasteiger partial charge in [0, 0.05) is 16.8 Å². The molecule has 3 heteroatoms. The molecule has 0 saturated heterocycles. The number of fused-ring (bicyclic) bond motifs is 1. The monoisotopic (exact) mass is 250 g/mol. The van der Waals surface area contributed by atoms with E-state index in [4.69, 9.17) is 5.73 Å². The molecule has 19 heavy (non-hydrogen) atoms. The van der Waals surface area contributed by atoms with Crippen LogP contribution in [-0.2, 0) is 0 Å². The summed E-state index contributed by atoms with van der Waals surface area (Å²) in [6, 6.07) is 15.7. The van der Waals surface area contributed by atoms with E-state index in [-0.39, 0.29) is 5.56 Å². The standard InChI is InChI=1S/C16H14N2O/c1-10-7-13-8-12(5-6-15(13)18-16(10)19)11-3-2-4-14(17)9-11/h2-9H,17H2,1H3,(H,18,19). The minimum Gasteiger partial charge on any atom is -0.399 e. The number of hydrogen-bond donors (Lipinski definition) is 2. The molecular formula is C16H14N2O. The van der Waals surface area contributed by atoms with Gasteiger partial charge in [-0.1, -0.05) is 18.2 Å². The van der Waals surface area contributed by atoms with E-state index in [9.17, 15) is 4.79 Å². The zero-order chi connectivity index (χ0) is 13.4. The lowest BCUT2D eigenvalue weighted by Crippen LogP contribution is -2.08. The molecule has 2 aromatic carbocycles. The Kier molecular flexibility index (Phi) is 2.60. The van der Waals surface area contributed by atoms with Crippen molar-refractivity contribution in [2.75, 3.05) is 5.73 Å². The fraction of sp³-hybridized carbons (Fsp3) is 0.0625. The van der Waals surface area contributed by atoms with Gasteiger partial charge in [0.25, 0.3) is 5.56 Å². The molecule has 3 rings (SSSR count). The molecule has 0 atom stereocenters. The van der Waals surface area contributed by atoms with Gasteiger partial charge in [0.05, 0.1) is 0 Å². The molecule has 0 fully saturated rings. The summed E-state index contributed by atoms with van der Waals surface area (Å²) in [5.41, 5.74) is 10.2. The Labute approximate surface area is 110 Å². The lowest BCUT2D eigenvalue weighted by atomic mass is 10.0. The summed E-state index contributed by atoms with van der Waals surface area (Å²) in [5, 5.41) is 1.03. The molecule has 1 heterocycles. The first kappa shape index (κ1) is 11.5. The molecule has 0 aliphatic rings. The summed E-state index contributed by atoms with van der Waals surface area (Å²) in [5.74, 6) is 0. The van der Waals surface area contributed by atoms with Crippen molar-refractivity contribution >= 4 is 16.6 Å². The molecule has 3 nitrogen and oxygen atoms in total. The highest BCUT2D eigenvalue weighted by Crippen LogP contribution is 2.24. The number of nitrogens with two attached hydrogens (primary N) is 1. The van der Waals surface area contributed by atoms with Crippen LogP contribution in [0.4, 0.5) is 5.69 Å². The first-order valence-corrected chi connectivity index (χ1v) is 6.13. The second-order valence-corrected chi connectivity index (χ2v) is 4.71. The van der Waals surface area contributed by atoms with Crippen LogP contribution in [0.3, 0.4) is 0 Å². The van der Waals surface area contributed by atoms with Crippen molar-refractivity contribution in [1.82, 2.24) is 4.98 Å². The summed E-state index contributed by atoms with van der Waals surface area (Å²) in [6.45, 7) is 1.81. The van der Waals surface area contributed by atoms with Crippen molar-refractivity contribution in [2.24, 2.45) is 0 Å². The number of rotatable bonds is 1. The normalized spacial score (nSPS) is 10.8. The molecule has 3 N–H and O–H groups in total. The number of hydrogen-bond acceptors (Lipinski definition) is 2. The second kappa shape index (κ2) is 4.28. The zero-order valence-corrected chi connectivity index (χ0v) is 10.6. The quantitative estimate of drug-likeness (QED) is 0.652. The average molecular weight is 250 g/mol. The van der Waals surface area contributed by atoms with Gasteiger partial charge in [-0.25, -0.2) is 0 Å². The molecule has 0 aliphatic heterocycles. The lowest BCUT2D eigenvalue weighted by Gasteiger charge is -2.05. The summed E-state index contributed by atoms with van der Waals surface area (Å²) >= 11 is 0. The van der Waals surface area contributed by atoms with Gasteiger partial charge in [0.1, 0.15) is 0 Å². The smallest absolute Gasteiger partial charge is 0.251 e. The van der Waals surface area contributed by atoms with E-state index in [1.54, 1.807) is 0 Å². The van der Waals surface area contributed by atoms with Gasteiger partial charge in [0.2, 0.25) is 0 Å². The van der Waals surface area contributed by atoms with E-state index in [2.05, 4.69) is 11.1 Å². The summed E-state index contributed by atoms with van der Waals surface area (Å²) in [6.07, 6.45) is 0. The molecule has 0 aliphatic carbocycles. The summed E-state index contributed by atoms with van der Waals surface area (Å²) in [4.78, 5) is 14.4. The van der Waals surface area contributed by atoms with Crippen LogP contribution < -0.4 is 11.3 Å². The molecule has 0 spiro atoms. The van der Waals surface area contributed by atoms with E-state index in [0.717, 1.165) is 33.3 Å². The number of anilines is 1. The van der Waals surface area contributed by atoms with Gasteiger partial charge < -0.3 is 10.7 Å². The van der Waals surface area contributed by atoms with E-state index in [1.165, 1.54) is 0 Å². The average Bonchev–Trinajstić information content (AvgIpc) is 2.39. The van der Waals surface area contributed by atoms with Crippen LogP contribution >= 0.6 is 0 Å². The van der Waals surface area contributed by atoms with Crippen molar-refractivity contribution in [3.63, 3.8) is 0 Å². The fourth-order valence-electron chi connectivity index (χ4n) is 2.21. The topological polar surface area (TPSA) is 58.9 Å². The maximum atomic E-state index is 11.6. The third kappa shape index (κ3) is 2.10. The second-order valence-electron chi connectivity index (χ2n) is 4.71. The lowest BCUT2D eigenvalue weighted by molar-refractivity contribution is 1.24. The third-order valence-electron chi connectivity index (χ3n) is 3.25. The van der Waals surface area contributed by atoms with Gasteiger partial charge >= 0.3 is 0 Å². The molecule has 3 aromatic rings. The number of aromatic amines is 1. The van der Waals surface area contributed by atoms with E-state index in [1.807, 2.05) is 49.4 Å². The highest BCUT2D eigenvalue weighted by atomic mass is 16.1. The Morgan fingerprint density at radius 3 is 2.58 bits per heavy atom. The molecule has 0 amide bonds. The number of benzene rings is 2. The number of aryl methyl sites for hydroxylation is 1. The number of H-pyrrole nitrogens is 1. The van der Waals surface area contributed by atoms with Crippen molar-refractivity contribution in [2.45, 2.75) is 6.92 Å². The van der Waals surface area contributed by atoms with Crippen LogP contribution in [-0.4, -0.2) is 4.98 Å². The highest BCUT2D eigenvalue weighted by molar-refractivity contribution is 5.85. The Morgan fingerprint density at radius 2 is 1.79 bits per heavy atom. The van der Waals surface area contributed by atoms with Crippen LogP contribution in [0.2, 0.25) is 0 Å². The van der Waals surface area contributed by atoms with Crippen molar-refractivity contribution in [3.8, 4) is 11.1 Å². The maximum absolute atomic E-state index is 11.6. The Morgan fingerprint density at radius 1 is 1.00 bits per heavy atom.